The third-order valence-corrected chi connectivity index (χ3v) is 1.68. The van der Waals surface area contributed by atoms with E-state index in [1.807, 2.05) is 6.07 Å². The molecule has 0 aromatic heterocycles. The minimum absolute atomic E-state index is 0.125. The van der Waals surface area contributed by atoms with Gasteiger partial charge in [-0.3, -0.25) is 0 Å². The molecule has 0 bridgehead atoms. The molecule has 1 aromatic carbocycles. The van der Waals surface area contributed by atoms with Crippen molar-refractivity contribution in [2.45, 2.75) is 6.42 Å². The van der Waals surface area contributed by atoms with Crippen molar-refractivity contribution in [2.75, 3.05) is 11.6 Å². The molecule has 0 aliphatic carbocycles. The third kappa shape index (κ3) is 2.45. The monoisotopic (exact) mass is 191 g/mol. The number of phenolic OH excluding ortho intramolecular Hbond substituents is 1. The number of nitrogens with zero attached hydrogens (tertiary/aromatic N) is 3. The summed E-state index contributed by atoms with van der Waals surface area (Å²) in [5, 5.41) is 21.3. The number of nitroso groups, excluding NO2 is 1. The Hall–Kier alpha value is -2.09. The molecule has 0 atom stereocenters. The summed E-state index contributed by atoms with van der Waals surface area (Å²) in [6, 6.07) is 7.97. The Balaban J connectivity index is 2.74. The van der Waals surface area contributed by atoms with Gasteiger partial charge in [-0.1, -0.05) is 0 Å². The molecular formula is C9H9N3O2. The standard InChI is InChI=1S/C9H9N3O2/c10-6-1-7-12(11-14)8-2-4-9(13)5-3-8/h2-5,13H,1,7H2. The Morgan fingerprint density at radius 3 is 2.57 bits per heavy atom. The van der Waals surface area contributed by atoms with Crippen LogP contribution in [0.4, 0.5) is 5.69 Å². The highest BCUT2D eigenvalue weighted by Gasteiger charge is 2.05. The summed E-state index contributed by atoms with van der Waals surface area (Å²) in [7, 11) is 0. The molecule has 0 saturated carbocycles. The third-order valence-electron chi connectivity index (χ3n) is 1.68. The van der Waals surface area contributed by atoms with Crippen LogP contribution >= 0.6 is 0 Å². The second-order valence-corrected chi connectivity index (χ2v) is 2.63. The number of hydrogen-bond acceptors (Lipinski definition) is 4. The molecule has 0 aliphatic heterocycles. The molecule has 5 heteroatoms. The minimum atomic E-state index is 0.125. The first-order chi connectivity index (χ1) is 6.77. The van der Waals surface area contributed by atoms with E-state index in [1.165, 1.54) is 17.1 Å². The number of benzene rings is 1. The van der Waals surface area contributed by atoms with Gasteiger partial charge in [-0.05, 0) is 24.3 Å². The van der Waals surface area contributed by atoms with Gasteiger partial charge in [0.2, 0.25) is 0 Å². The minimum Gasteiger partial charge on any atom is -0.508 e. The summed E-state index contributed by atoms with van der Waals surface area (Å²) >= 11 is 0. The predicted molar refractivity (Wildman–Crippen MR) is 51.5 cm³/mol. The number of anilines is 1. The van der Waals surface area contributed by atoms with Crippen molar-refractivity contribution < 1.29 is 5.11 Å². The van der Waals surface area contributed by atoms with Crippen LogP contribution in [0.25, 0.3) is 0 Å². The van der Waals surface area contributed by atoms with Crippen molar-refractivity contribution in [1.82, 2.24) is 0 Å². The fourth-order valence-electron chi connectivity index (χ4n) is 0.998. The van der Waals surface area contributed by atoms with Crippen LogP contribution in [0.3, 0.4) is 0 Å². The fraction of sp³-hybridized carbons (Fsp3) is 0.222. The Labute approximate surface area is 81.1 Å². The molecule has 0 unspecified atom stereocenters. The van der Waals surface area contributed by atoms with Gasteiger partial charge in [0.15, 0.2) is 0 Å². The zero-order chi connectivity index (χ0) is 10.4. The maximum atomic E-state index is 10.4. The average molecular weight is 191 g/mol. The number of rotatable bonds is 4. The van der Waals surface area contributed by atoms with Gasteiger partial charge < -0.3 is 5.11 Å². The first-order valence-electron chi connectivity index (χ1n) is 4.04. The van der Waals surface area contributed by atoms with Crippen molar-refractivity contribution in [1.29, 1.82) is 5.26 Å². The van der Waals surface area contributed by atoms with Gasteiger partial charge in [-0.2, -0.15) is 5.26 Å². The fourth-order valence-corrected chi connectivity index (χ4v) is 0.998. The molecule has 0 radical (unpaired) electrons. The quantitative estimate of drug-likeness (QED) is 0.581. The maximum absolute atomic E-state index is 10.4. The second kappa shape index (κ2) is 4.82. The molecule has 0 fully saturated rings. The summed E-state index contributed by atoms with van der Waals surface area (Å²) in [5.41, 5.74) is 0.563. The van der Waals surface area contributed by atoms with Crippen LogP contribution in [0.1, 0.15) is 6.42 Å². The molecule has 0 aliphatic rings. The summed E-state index contributed by atoms with van der Waals surface area (Å²) in [5.74, 6) is 0.125. The van der Waals surface area contributed by atoms with E-state index in [1.54, 1.807) is 12.1 Å². The van der Waals surface area contributed by atoms with Gasteiger partial charge in [0, 0.05) is 0 Å². The van der Waals surface area contributed by atoms with Gasteiger partial charge in [0.05, 0.1) is 30.0 Å². The lowest BCUT2D eigenvalue weighted by Gasteiger charge is -2.12. The van der Waals surface area contributed by atoms with Crippen molar-refractivity contribution in [3.05, 3.63) is 29.2 Å². The Morgan fingerprint density at radius 2 is 2.07 bits per heavy atom. The van der Waals surface area contributed by atoms with E-state index in [4.69, 9.17) is 10.4 Å². The summed E-state index contributed by atoms with van der Waals surface area (Å²) in [6.45, 7) is 0.255. The van der Waals surface area contributed by atoms with Gasteiger partial charge in [-0.25, -0.2) is 5.01 Å². The lowest BCUT2D eigenvalue weighted by molar-refractivity contribution is 0.475. The second-order valence-electron chi connectivity index (χ2n) is 2.63. The Bertz CT molecular complexity index is 342. The highest BCUT2D eigenvalue weighted by atomic mass is 16.3. The zero-order valence-corrected chi connectivity index (χ0v) is 7.42. The van der Waals surface area contributed by atoms with Crippen LogP contribution in [0, 0.1) is 16.2 Å². The number of nitriles is 1. The lowest BCUT2D eigenvalue weighted by atomic mass is 10.3. The largest absolute Gasteiger partial charge is 0.508 e. The molecule has 1 aromatic rings. The number of hydrogen-bond donors (Lipinski definition) is 1. The van der Waals surface area contributed by atoms with Gasteiger partial charge >= 0.3 is 0 Å². The molecule has 72 valence electrons. The van der Waals surface area contributed by atoms with E-state index in [0.29, 0.717) is 5.69 Å². The van der Waals surface area contributed by atoms with E-state index < -0.39 is 0 Å². The first kappa shape index (κ1) is 9.99. The van der Waals surface area contributed by atoms with Gasteiger partial charge in [0.25, 0.3) is 0 Å². The van der Waals surface area contributed by atoms with Crippen LogP contribution in [-0.2, 0) is 0 Å². The normalized spacial score (nSPS) is 9.07. The van der Waals surface area contributed by atoms with Crippen LogP contribution in [0.5, 0.6) is 5.75 Å². The van der Waals surface area contributed by atoms with E-state index in [2.05, 4.69) is 5.29 Å². The van der Waals surface area contributed by atoms with E-state index in [9.17, 15) is 4.91 Å². The van der Waals surface area contributed by atoms with E-state index in [0.717, 1.165) is 0 Å². The average Bonchev–Trinajstić information content (AvgIpc) is 2.21. The highest BCUT2D eigenvalue weighted by Crippen LogP contribution is 2.18. The van der Waals surface area contributed by atoms with Crippen LogP contribution in [0.15, 0.2) is 29.6 Å². The Morgan fingerprint density at radius 1 is 1.43 bits per heavy atom. The topological polar surface area (TPSA) is 76.7 Å². The van der Waals surface area contributed by atoms with Gasteiger partial charge in [0.1, 0.15) is 5.75 Å². The number of aromatic hydroxyl groups is 1. The SMILES string of the molecule is N#CCCN(N=O)c1ccc(O)cc1. The first-order valence-corrected chi connectivity index (χ1v) is 4.04. The molecule has 14 heavy (non-hydrogen) atoms. The van der Waals surface area contributed by atoms with Crippen LogP contribution < -0.4 is 5.01 Å². The van der Waals surface area contributed by atoms with Crippen molar-refractivity contribution in [2.24, 2.45) is 5.29 Å². The molecule has 5 nitrogen and oxygen atoms in total. The Kier molecular flexibility index (Phi) is 3.44. The predicted octanol–water partition coefficient (Wildman–Crippen LogP) is 1.79. The van der Waals surface area contributed by atoms with Crippen molar-refractivity contribution >= 4 is 5.69 Å². The lowest BCUT2D eigenvalue weighted by Crippen LogP contribution is -2.15. The molecule has 1 N–H and O–H groups in total. The number of phenols is 1. The maximum Gasteiger partial charge on any atom is 0.115 e. The molecule has 0 amide bonds. The van der Waals surface area contributed by atoms with Gasteiger partial charge in [-0.15, -0.1) is 4.91 Å². The molecule has 0 spiro atoms. The van der Waals surface area contributed by atoms with E-state index in [-0.39, 0.29) is 18.7 Å². The summed E-state index contributed by atoms with van der Waals surface area (Å²) in [6.07, 6.45) is 0.229. The van der Waals surface area contributed by atoms with Crippen LogP contribution in [0.2, 0.25) is 0 Å². The van der Waals surface area contributed by atoms with Crippen molar-refractivity contribution in [3.8, 4) is 11.8 Å². The van der Waals surface area contributed by atoms with E-state index >= 15 is 0 Å². The smallest absolute Gasteiger partial charge is 0.115 e. The zero-order valence-electron chi connectivity index (χ0n) is 7.42. The molecule has 0 saturated heterocycles. The summed E-state index contributed by atoms with van der Waals surface area (Å²) in [4.78, 5) is 10.4. The molecule has 1 rings (SSSR count). The summed E-state index contributed by atoms with van der Waals surface area (Å²) < 4.78 is 0. The molecule has 0 heterocycles. The molecular weight excluding hydrogens is 182 g/mol. The van der Waals surface area contributed by atoms with Crippen molar-refractivity contribution in [3.63, 3.8) is 0 Å². The van der Waals surface area contributed by atoms with Crippen LogP contribution in [-0.4, -0.2) is 11.7 Å². The highest BCUT2D eigenvalue weighted by molar-refractivity contribution is 5.47.